The lowest BCUT2D eigenvalue weighted by Crippen LogP contribution is -2.47. The van der Waals surface area contributed by atoms with Gasteiger partial charge in [-0.3, -0.25) is 9.63 Å². The zero-order valence-electron chi connectivity index (χ0n) is 13.5. The van der Waals surface area contributed by atoms with Crippen LogP contribution in [0.4, 0.5) is 5.69 Å². The van der Waals surface area contributed by atoms with Gasteiger partial charge < -0.3 is 4.90 Å². The van der Waals surface area contributed by atoms with Gasteiger partial charge in [-0.05, 0) is 31.9 Å². The summed E-state index contributed by atoms with van der Waals surface area (Å²) in [5.41, 5.74) is 2.42. The number of aryl methyl sites for hydroxylation is 1. The molecule has 4 heteroatoms. The first-order valence-corrected chi connectivity index (χ1v) is 7.65. The van der Waals surface area contributed by atoms with Gasteiger partial charge in [-0.2, -0.15) is 0 Å². The molecule has 4 nitrogen and oxygen atoms in total. The summed E-state index contributed by atoms with van der Waals surface area (Å²) in [7, 11) is 5.33. The fraction of sp³-hybridized carbons (Fsp3) is 0.588. The Labute approximate surface area is 127 Å². The second-order valence-corrected chi connectivity index (χ2v) is 5.92. The Hall–Kier alpha value is -1.55. The molecule has 116 valence electrons. The molecule has 1 fully saturated rings. The fourth-order valence-corrected chi connectivity index (χ4v) is 3.16. The molecule has 1 aliphatic rings. The van der Waals surface area contributed by atoms with Crippen LogP contribution < -0.4 is 4.90 Å². The Morgan fingerprint density at radius 1 is 1.14 bits per heavy atom. The predicted molar refractivity (Wildman–Crippen MR) is 85.1 cm³/mol. The number of hydroxylamine groups is 2. The Morgan fingerprint density at radius 3 is 2.38 bits per heavy atom. The maximum Gasteiger partial charge on any atom is 0.251 e. The lowest BCUT2D eigenvalue weighted by atomic mass is 9.82. The zero-order chi connectivity index (χ0) is 15.4. The van der Waals surface area contributed by atoms with E-state index in [2.05, 4.69) is 43.1 Å². The highest BCUT2D eigenvalue weighted by molar-refractivity contribution is 5.79. The minimum Gasteiger partial charge on any atom is -0.371 e. The number of nitrogens with zero attached hydrogens (tertiary/aromatic N) is 2. The van der Waals surface area contributed by atoms with Crippen LogP contribution in [0.15, 0.2) is 24.3 Å². The summed E-state index contributed by atoms with van der Waals surface area (Å²) in [5, 5.41) is 1.37. The summed E-state index contributed by atoms with van der Waals surface area (Å²) < 4.78 is 0. The van der Waals surface area contributed by atoms with Crippen molar-refractivity contribution in [3.63, 3.8) is 0 Å². The van der Waals surface area contributed by atoms with Gasteiger partial charge in [0.25, 0.3) is 5.91 Å². The number of anilines is 1. The van der Waals surface area contributed by atoms with Crippen molar-refractivity contribution in [2.45, 2.75) is 38.6 Å². The van der Waals surface area contributed by atoms with Crippen LogP contribution in [0.3, 0.4) is 0 Å². The summed E-state index contributed by atoms with van der Waals surface area (Å²) in [5.74, 6) is 0.0937. The first-order chi connectivity index (χ1) is 10.0. The normalized spacial score (nSPS) is 21.9. The van der Waals surface area contributed by atoms with E-state index in [0.29, 0.717) is 0 Å². The van der Waals surface area contributed by atoms with Gasteiger partial charge in [0.1, 0.15) is 0 Å². The van der Waals surface area contributed by atoms with Crippen LogP contribution in [-0.4, -0.2) is 38.2 Å². The first-order valence-electron chi connectivity index (χ1n) is 7.65. The molecule has 0 bridgehead atoms. The van der Waals surface area contributed by atoms with Crippen LogP contribution in [0.25, 0.3) is 0 Å². The quantitative estimate of drug-likeness (QED) is 0.799. The van der Waals surface area contributed by atoms with Gasteiger partial charge in [-0.1, -0.05) is 30.5 Å². The number of amides is 1. The Morgan fingerprint density at radius 2 is 1.76 bits per heavy atom. The van der Waals surface area contributed by atoms with Crippen LogP contribution >= 0.6 is 0 Å². The Kier molecular flexibility index (Phi) is 5.23. The summed E-state index contributed by atoms with van der Waals surface area (Å²) in [6, 6.07) is 8.74. The average molecular weight is 290 g/mol. The molecule has 21 heavy (non-hydrogen) atoms. The molecule has 0 saturated heterocycles. The molecule has 2 rings (SSSR count). The molecule has 1 aromatic rings. The summed E-state index contributed by atoms with van der Waals surface area (Å²) in [6.07, 6.45) is 4.29. The SMILES string of the molecule is CON(C)C(=O)[C@@H]1CCCC[C@@H]1N(C)c1ccc(C)cc1. The smallest absolute Gasteiger partial charge is 0.251 e. The topological polar surface area (TPSA) is 32.8 Å². The van der Waals surface area contributed by atoms with Gasteiger partial charge in [0, 0.05) is 25.8 Å². The molecule has 0 aromatic heterocycles. The second kappa shape index (κ2) is 6.94. The van der Waals surface area contributed by atoms with E-state index in [4.69, 9.17) is 4.84 Å². The van der Waals surface area contributed by atoms with Gasteiger partial charge in [0.05, 0.1) is 13.0 Å². The second-order valence-electron chi connectivity index (χ2n) is 5.92. The van der Waals surface area contributed by atoms with E-state index in [1.54, 1.807) is 14.2 Å². The van der Waals surface area contributed by atoms with Gasteiger partial charge in [0.2, 0.25) is 0 Å². The largest absolute Gasteiger partial charge is 0.371 e. The Bertz CT molecular complexity index is 472. The van der Waals surface area contributed by atoms with Gasteiger partial charge in [0.15, 0.2) is 0 Å². The predicted octanol–water partition coefficient (Wildman–Crippen LogP) is 3.01. The van der Waals surface area contributed by atoms with Crippen LogP contribution in [0.2, 0.25) is 0 Å². The van der Waals surface area contributed by atoms with Crippen LogP contribution in [0, 0.1) is 12.8 Å². The van der Waals surface area contributed by atoms with Gasteiger partial charge in [-0.15, -0.1) is 0 Å². The molecule has 0 N–H and O–H groups in total. The zero-order valence-corrected chi connectivity index (χ0v) is 13.5. The highest BCUT2D eigenvalue weighted by Gasteiger charge is 2.35. The number of rotatable bonds is 4. The lowest BCUT2D eigenvalue weighted by molar-refractivity contribution is -0.175. The molecule has 0 heterocycles. The van der Waals surface area contributed by atoms with Crippen molar-refractivity contribution in [2.75, 3.05) is 26.1 Å². The first kappa shape index (κ1) is 15.8. The van der Waals surface area contributed by atoms with Crippen molar-refractivity contribution in [1.29, 1.82) is 0 Å². The third-order valence-electron chi connectivity index (χ3n) is 4.57. The minimum atomic E-state index is 0.00926. The Balaban J connectivity index is 2.17. The average Bonchev–Trinajstić information content (AvgIpc) is 2.53. The van der Waals surface area contributed by atoms with Crippen molar-refractivity contribution in [2.24, 2.45) is 5.92 Å². The molecule has 0 radical (unpaired) electrons. The third kappa shape index (κ3) is 3.56. The molecule has 1 saturated carbocycles. The molecule has 2 atom stereocenters. The highest BCUT2D eigenvalue weighted by atomic mass is 16.7. The molecular weight excluding hydrogens is 264 g/mol. The van der Waals surface area contributed by atoms with E-state index in [1.165, 1.54) is 22.7 Å². The van der Waals surface area contributed by atoms with Crippen LogP contribution in [0.1, 0.15) is 31.2 Å². The number of carbonyl (C=O) groups is 1. The van der Waals surface area contributed by atoms with E-state index in [0.717, 1.165) is 19.3 Å². The number of hydrogen-bond acceptors (Lipinski definition) is 3. The van der Waals surface area contributed by atoms with Crippen molar-refractivity contribution in [3.05, 3.63) is 29.8 Å². The fourth-order valence-electron chi connectivity index (χ4n) is 3.16. The molecular formula is C17H26N2O2. The van der Waals surface area contributed by atoms with Gasteiger partial charge in [-0.25, -0.2) is 5.06 Å². The summed E-state index contributed by atoms with van der Waals surface area (Å²) >= 11 is 0. The van der Waals surface area contributed by atoms with Crippen molar-refractivity contribution < 1.29 is 9.63 Å². The van der Waals surface area contributed by atoms with Crippen molar-refractivity contribution >= 4 is 11.6 Å². The molecule has 1 aromatic carbocycles. The van der Waals surface area contributed by atoms with Crippen molar-refractivity contribution in [3.8, 4) is 0 Å². The maximum atomic E-state index is 12.5. The van der Waals surface area contributed by atoms with Gasteiger partial charge >= 0.3 is 0 Å². The van der Waals surface area contributed by atoms with Crippen LogP contribution in [0.5, 0.6) is 0 Å². The molecule has 1 amide bonds. The molecule has 0 unspecified atom stereocenters. The molecule has 0 aliphatic heterocycles. The standard InChI is InChI=1S/C17H26N2O2/c1-13-9-11-14(12-10-13)18(2)16-8-6-5-7-15(16)17(20)19(3)21-4/h9-12,15-16H,5-8H2,1-4H3/t15-,16+/m1/s1. The van der Waals surface area contributed by atoms with E-state index in [9.17, 15) is 4.79 Å². The third-order valence-corrected chi connectivity index (χ3v) is 4.57. The van der Waals surface area contributed by atoms with E-state index >= 15 is 0 Å². The minimum absolute atomic E-state index is 0.00926. The maximum absolute atomic E-state index is 12.5. The molecule has 1 aliphatic carbocycles. The number of carbonyl (C=O) groups excluding carboxylic acids is 1. The van der Waals surface area contributed by atoms with E-state index in [-0.39, 0.29) is 17.9 Å². The molecule has 0 spiro atoms. The summed E-state index contributed by atoms with van der Waals surface area (Å²) in [4.78, 5) is 19.8. The lowest BCUT2D eigenvalue weighted by Gasteiger charge is -2.39. The number of benzene rings is 1. The monoisotopic (exact) mass is 290 g/mol. The van der Waals surface area contributed by atoms with E-state index in [1.807, 2.05) is 0 Å². The van der Waals surface area contributed by atoms with Crippen molar-refractivity contribution in [1.82, 2.24) is 5.06 Å². The van der Waals surface area contributed by atoms with E-state index < -0.39 is 0 Å². The van der Waals surface area contributed by atoms with Crippen LogP contribution in [-0.2, 0) is 9.63 Å². The summed E-state index contributed by atoms with van der Waals surface area (Å²) in [6.45, 7) is 2.09. The highest BCUT2D eigenvalue weighted by Crippen LogP contribution is 2.32. The number of hydrogen-bond donors (Lipinski definition) is 0.